The summed E-state index contributed by atoms with van der Waals surface area (Å²) in [7, 11) is 0. The van der Waals surface area contributed by atoms with Crippen LogP contribution in [0.4, 0.5) is 0 Å². The van der Waals surface area contributed by atoms with E-state index >= 15 is 0 Å². The lowest BCUT2D eigenvalue weighted by Gasteiger charge is -2.22. The Kier molecular flexibility index (Phi) is 4.61. The lowest BCUT2D eigenvalue weighted by molar-refractivity contribution is -0.132. The third-order valence-electron chi connectivity index (χ3n) is 3.73. The highest BCUT2D eigenvalue weighted by molar-refractivity contribution is 7.09. The number of carbonyl (C=O) groups excluding carboxylic acids is 1. The van der Waals surface area contributed by atoms with Crippen molar-refractivity contribution in [3.63, 3.8) is 0 Å². The Labute approximate surface area is 134 Å². The van der Waals surface area contributed by atoms with Crippen LogP contribution in [0.15, 0.2) is 41.8 Å². The summed E-state index contributed by atoms with van der Waals surface area (Å²) in [6.45, 7) is 0.761. The standard InChI is InChI=1S/C17H18ClNOS/c18-14-4-1-3-13(11-14)6-9-17(20)19(15-7-8-15)12-16-5-2-10-21-16/h1-5,10-11,15H,6-9,12H2. The van der Waals surface area contributed by atoms with Gasteiger partial charge in [-0.05, 0) is 48.4 Å². The number of hydrogen-bond acceptors (Lipinski definition) is 2. The topological polar surface area (TPSA) is 20.3 Å². The van der Waals surface area contributed by atoms with Crippen LogP contribution in [0.3, 0.4) is 0 Å². The van der Waals surface area contributed by atoms with Crippen molar-refractivity contribution in [3.8, 4) is 0 Å². The van der Waals surface area contributed by atoms with Crippen LogP contribution in [-0.2, 0) is 17.8 Å². The second-order valence-corrected chi connectivity index (χ2v) is 6.93. The lowest BCUT2D eigenvalue weighted by Crippen LogP contribution is -2.32. The molecule has 1 aliphatic carbocycles. The molecule has 0 aliphatic heterocycles. The monoisotopic (exact) mass is 319 g/mol. The predicted molar refractivity (Wildman–Crippen MR) is 87.7 cm³/mol. The molecule has 110 valence electrons. The first-order valence-corrected chi connectivity index (χ1v) is 8.54. The lowest BCUT2D eigenvalue weighted by atomic mass is 10.1. The largest absolute Gasteiger partial charge is 0.335 e. The maximum Gasteiger partial charge on any atom is 0.223 e. The van der Waals surface area contributed by atoms with Crippen molar-refractivity contribution < 1.29 is 4.79 Å². The second-order valence-electron chi connectivity index (χ2n) is 5.46. The average molecular weight is 320 g/mol. The van der Waals surface area contributed by atoms with Crippen LogP contribution < -0.4 is 0 Å². The fraction of sp³-hybridized carbons (Fsp3) is 0.353. The summed E-state index contributed by atoms with van der Waals surface area (Å²) in [5.41, 5.74) is 1.13. The third-order valence-corrected chi connectivity index (χ3v) is 4.83. The Balaban J connectivity index is 1.59. The van der Waals surface area contributed by atoms with E-state index in [0.29, 0.717) is 12.5 Å². The third kappa shape index (κ3) is 4.08. The zero-order chi connectivity index (χ0) is 14.7. The van der Waals surface area contributed by atoms with Gasteiger partial charge in [-0.15, -0.1) is 11.3 Å². The summed E-state index contributed by atoms with van der Waals surface area (Å²) >= 11 is 7.70. The number of thiophene rings is 1. The summed E-state index contributed by atoms with van der Waals surface area (Å²) < 4.78 is 0. The van der Waals surface area contributed by atoms with Crippen LogP contribution in [0.5, 0.6) is 0 Å². The highest BCUT2D eigenvalue weighted by Crippen LogP contribution is 2.30. The van der Waals surface area contributed by atoms with Crippen molar-refractivity contribution in [3.05, 3.63) is 57.2 Å². The molecule has 3 rings (SSSR count). The van der Waals surface area contributed by atoms with Gasteiger partial charge < -0.3 is 4.90 Å². The minimum atomic E-state index is 0.255. The smallest absolute Gasteiger partial charge is 0.223 e. The molecule has 1 amide bonds. The molecular formula is C17H18ClNOS. The number of nitrogens with zero attached hydrogens (tertiary/aromatic N) is 1. The molecule has 1 fully saturated rings. The Morgan fingerprint density at radius 2 is 2.14 bits per heavy atom. The molecule has 1 aromatic carbocycles. The molecular weight excluding hydrogens is 302 g/mol. The van der Waals surface area contributed by atoms with Crippen LogP contribution in [0.1, 0.15) is 29.7 Å². The van der Waals surface area contributed by atoms with E-state index in [0.717, 1.165) is 36.4 Å². The quantitative estimate of drug-likeness (QED) is 0.766. The van der Waals surface area contributed by atoms with E-state index < -0.39 is 0 Å². The molecule has 0 unspecified atom stereocenters. The van der Waals surface area contributed by atoms with Crippen LogP contribution in [0.25, 0.3) is 0 Å². The summed E-state index contributed by atoms with van der Waals surface area (Å²) in [6, 6.07) is 12.4. The fourth-order valence-corrected chi connectivity index (χ4v) is 3.38. The molecule has 0 radical (unpaired) electrons. The number of amides is 1. The first-order valence-electron chi connectivity index (χ1n) is 7.28. The van der Waals surface area contributed by atoms with Crippen LogP contribution in [-0.4, -0.2) is 16.8 Å². The molecule has 0 bridgehead atoms. The summed E-state index contributed by atoms with van der Waals surface area (Å²) in [5.74, 6) is 0.255. The summed E-state index contributed by atoms with van der Waals surface area (Å²) in [6.07, 6.45) is 3.61. The average Bonchev–Trinajstić information content (AvgIpc) is 3.19. The van der Waals surface area contributed by atoms with Gasteiger partial charge in [0.05, 0.1) is 6.54 Å². The van der Waals surface area contributed by atoms with E-state index in [1.165, 1.54) is 4.88 Å². The van der Waals surface area contributed by atoms with E-state index in [1.807, 2.05) is 30.3 Å². The van der Waals surface area contributed by atoms with E-state index in [9.17, 15) is 4.79 Å². The van der Waals surface area contributed by atoms with E-state index in [-0.39, 0.29) is 5.91 Å². The van der Waals surface area contributed by atoms with Crippen molar-refractivity contribution >= 4 is 28.8 Å². The first-order chi connectivity index (χ1) is 10.2. The van der Waals surface area contributed by atoms with Crippen molar-refractivity contribution in [2.45, 2.75) is 38.3 Å². The number of carbonyl (C=O) groups is 1. The van der Waals surface area contributed by atoms with Gasteiger partial charge in [-0.25, -0.2) is 0 Å². The predicted octanol–water partition coefficient (Wildman–Crippen LogP) is 4.53. The molecule has 2 aromatic rings. The van der Waals surface area contributed by atoms with Gasteiger partial charge in [0.25, 0.3) is 0 Å². The Morgan fingerprint density at radius 3 is 2.81 bits per heavy atom. The van der Waals surface area contributed by atoms with Gasteiger partial charge in [0.15, 0.2) is 0 Å². The number of rotatable bonds is 6. The second kappa shape index (κ2) is 6.63. The molecule has 1 heterocycles. The van der Waals surface area contributed by atoms with Gasteiger partial charge in [-0.3, -0.25) is 4.79 Å². The molecule has 2 nitrogen and oxygen atoms in total. The Morgan fingerprint density at radius 1 is 1.29 bits per heavy atom. The Bertz CT molecular complexity index is 607. The zero-order valence-electron chi connectivity index (χ0n) is 11.8. The van der Waals surface area contributed by atoms with Crippen molar-refractivity contribution in [2.24, 2.45) is 0 Å². The molecule has 0 spiro atoms. The molecule has 1 aliphatic rings. The van der Waals surface area contributed by atoms with Gasteiger partial charge in [-0.1, -0.05) is 29.8 Å². The van der Waals surface area contributed by atoms with Gasteiger partial charge in [0.1, 0.15) is 0 Å². The maximum atomic E-state index is 12.5. The van der Waals surface area contributed by atoms with Gasteiger partial charge in [0.2, 0.25) is 5.91 Å². The van der Waals surface area contributed by atoms with Crippen molar-refractivity contribution in [2.75, 3.05) is 0 Å². The minimum absolute atomic E-state index is 0.255. The van der Waals surface area contributed by atoms with Gasteiger partial charge in [-0.2, -0.15) is 0 Å². The normalized spacial score (nSPS) is 14.1. The number of halogens is 1. The SMILES string of the molecule is O=C(CCc1cccc(Cl)c1)N(Cc1cccs1)C1CC1. The number of hydrogen-bond donors (Lipinski definition) is 0. The van der Waals surface area contributed by atoms with Crippen LogP contribution in [0, 0.1) is 0 Å². The van der Waals surface area contributed by atoms with Crippen molar-refractivity contribution in [1.82, 2.24) is 4.90 Å². The maximum absolute atomic E-state index is 12.5. The van der Waals surface area contributed by atoms with Gasteiger partial charge >= 0.3 is 0 Å². The number of aryl methyl sites for hydroxylation is 1. The van der Waals surface area contributed by atoms with E-state index in [1.54, 1.807) is 11.3 Å². The molecule has 0 N–H and O–H groups in total. The van der Waals surface area contributed by atoms with Crippen LogP contribution >= 0.6 is 22.9 Å². The molecule has 21 heavy (non-hydrogen) atoms. The van der Waals surface area contributed by atoms with Gasteiger partial charge in [0, 0.05) is 22.4 Å². The molecule has 1 saturated carbocycles. The molecule has 1 aromatic heterocycles. The number of benzene rings is 1. The minimum Gasteiger partial charge on any atom is -0.335 e. The molecule has 0 saturated heterocycles. The summed E-state index contributed by atoms with van der Waals surface area (Å²) in [4.78, 5) is 15.8. The Hall–Kier alpha value is -1.32. The van der Waals surface area contributed by atoms with Crippen LogP contribution in [0.2, 0.25) is 5.02 Å². The highest BCUT2D eigenvalue weighted by atomic mass is 35.5. The fourth-order valence-electron chi connectivity index (χ4n) is 2.46. The first kappa shape index (κ1) is 14.6. The summed E-state index contributed by atoms with van der Waals surface area (Å²) in [5, 5.41) is 2.80. The van der Waals surface area contributed by atoms with E-state index in [2.05, 4.69) is 16.3 Å². The molecule has 4 heteroatoms. The van der Waals surface area contributed by atoms with Crippen molar-refractivity contribution in [1.29, 1.82) is 0 Å². The van der Waals surface area contributed by atoms with E-state index in [4.69, 9.17) is 11.6 Å². The molecule has 0 atom stereocenters. The zero-order valence-corrected chi connectivity index (χ0v) is 13.4. The highest BCUT2D eigenvalue weighted by Gasteiger charge is 2.32.